The molecule has 2 aromatic heterocycles. The molecule has 0 aliphatic carbocycles. The van der Waals surface area contributed by atoms with Gasteiger partial charge in [0.2, 0.25) is 5.16 Å². The lowest BCUT2D eigenvalue weighted by Crippen LogP contribution is -1.96. The molecule has 0 unspecified atom stereocenters. The summed E-state index contributed by atoms with van der Waals surface area (Å²) in [6.45, 7) is 0. The Balaban J connectivity index is 2.36. The Hall–Kier alpha value is -2.14. The van der Waals surface area contributed by atoms with Gasteiger partial charge >= 0.3 is 0 Å². The van der Waals surface area contributed by atoms with Gasteiger partial charge in [0.25, 0.3) is 0 Å². The van der Waals surface area contributed by atoms with Gasteiger partial charge in [-0.2, -0.15) is 5.26 Å². The molecule has 2 heterocycles. The lowest BCUT2D eigenvalue weighted by atomic mass is 10.3. The monoisotopic (exact) mass is 233 g/mol. The minimum Gasteiger partial charge on any atom is -0.397 e. The predicted octanol–water partition coefficient (Wildman–Crippen LogP) is 0.210. The van der Waals surface area contributed by atoms with E-state index in [-0.39, 0.29) is 0 Å². The molecule has 2 rings (SSSR count). The summed E-state index contributed by atoms with van der Waals surface area (Å²) in [7, 11) is 1.71. The summed E-state index contributed by atoms with van der Waals surface area (Å²) in [5.74, 6) is 0. The van der Waals surface area contributed by atoms with Gasteiger partial charge in [0.1, 0.15) is 11.1 Å². The number of nitrogen functional groups attached to an aromatic ring is 1. The van der Waals surface area contributed by atoms with Crippen molar-refractivity contribution in [2.45, 2.75) is 10.2 Å². The molecule has 0 amide bonds. The maximum atomic E-state index is 8.92. The zero-order chi connectivity index (χ0) is 11.5. The molecule has 0 radical (unpaired) electrons. The van der Waals surface area contributed by atoms with E-state index in [1.54, 1.807) is 13.1 Å². The third kappa shape index (κ3) is 1.94. The Kier molecular flexibility index (Phi) is 2.70. The molecule has 0 saturated heterocycles. The summed E-state index contributed by atoms with van der Waals surface area (Å²) < 4.78 is 1.50. The van der Waals surface area contributed by atoms with E-state index in [0.717, 1.165) is 0 Å². The number of hydrogen-bond donors (Lipinski definition) is 1. The Bertz CT molecular complexity index is 556. The maximum Gasteiger partial charge on any atom is 0.215 e. The van der Waals surface area contributed by atoms with E-state index in [1.165, 1.54) is 22.6 Å². The standard InChI is InChI=1S/C8H7N7S/c1-15-8(12-13-14-15)16-7-5(3-9)2-6(10)4-11-7/h2,4H,10H2,1H3. The molecule has 0 saturated carbocycles. The highest BCUT2D eigenvalue weighted by Gasteiger charge is 2.10. The first-order valence-corrected chi connectivity index (χ1v) is 5.08. The van der Waals surface area contributed by atoms with Crippen LogP contribution in [0.2, 0.25) is 0 Å². The van der Waals surface area contributed by atoms with E-state index < -0.39 is 0 Å². The van der Waals surface area contributed by atoms with Crippen molar-refractivity contribution in [1.82, 2.24) is 25.2 Å². The first kappa shape index (κ1) is 10.4. The fraction of sp³-hybridized carbons (Fsp3) is 0.125. The van der Waals surface area contributed by atoms with E-state index >= 15 is 0 Å². The average Bonchev–Trinajstić information content (AvgIpc) is 2.67. The van der Waals surface area contributed by atoms with Gasteiger partial charge in [0.05, 0.1) is 17.4 Å². The van der Waals surface area contributed by atoms with Crippen LogP contribution in [0, 0.1) is 11.3 Å². The third-order valence-corrected chi connectivity index (χ3v) is 2.81. The minimum atomic E-state index is 0.410. The zero-order valence-corrected chi connectivity index (χ0v) is 9.14. The van der Waals surface area contributed by atoms with Crippen LogP contribution in [0.4, 0.5) is 5.69 Å². The summed E-state index contributed by atoms with van der Waals surface area (Å²) in [5.41, 5.74) is 6.40. The molecule has 0 bridgehead atoms. The van der Waals surface area contributed by atoms with E-state index in [2.05, 4.69) is 20.5 Å². The third-order valence-electron chi connectivity index (χ3n) is 1.76. The van der Waals surface area contributed by atoms with Crippen LogP contribution in [-0.4, -0.2) is 25.2 Å². The Morgan fingerprint density at radius 3 is 3.00 bits per heavy atom. The Morgan fingerprint density at radius 1 is 1.56 bits per heavy atom. The fourth-order valence-electron chi connectivity index (χ4n) is 1.02. The lowest BCUT2D eigenvalue weighted by molar-refractivity contribution is 0.664. The Labute approximate surface area is 95.3 Å². The predicted molar refractivity (Wildman–Crippen MR) is 56.3 cm³/mol. The van der Waals surface area contributed by atoms with Gasteiger partial charge in [-0.15, -0.1) is 5.10 Å². The molecule has 80 valence electrons. The second-order valence-corrected chi connectivity index (χ2v) is 3.88. The fourth-order valence-corrected chi connectivity index (χ4v) is 1.76. The van der Waals surface area contributed by atoms with Gasteiger partial charge in [-0.25, -0.2) is 9.67 Å². The molecule has 0 spiro atoms. The normalized spacial score (nSPS) is 10.0. The smallest absolute Gasteiger partial charge is 0.215 e. The molecule has 8 heteroatoms. The molecule has 7 nitrogen and oxygen atoms in total. The molecule has 2 N–H and O–H groups in total. The summed E-state index contributed by atoms with van der Waals surface area (Å²) >= 11 is 1.22. The highest BCUT2D eigenvalue weighted by atomic mass is 32.2. The van der Waals surface area contributed by atoms with Crippen LogP contribution >= 0.6 is 11.8 Å². The van der Waals surface area contributed by atoms with Crippen LogP contribution in [0.25, 0.3) is 0 Å². The van der Waals surface area contributed by atoms with Crippen LogP contribution in [-0.2, 0) is 7.05 Å². The first-order chi connectivity index (χ1) is 7.70. The zero-order valence-electron chi connectivity index (χ0n) is 8.32. The van der Waals surface area contributed by atoms with Gasteiger partial charge in [-0.05, 0) is 28.3 Å². The quantitative estimate of drug-likeness (QED) is 0.790. The molecular formula is C8H7N7S. The summed E-state index contributed by atoms with van der Waals surface area (Å²) in [4.78, 5) is 4.07. The molecule has 0 aromatic carbocycles. The number of aryl methyl sites for hydroxylation is 1. The van der Waals surface area contributed by atoms with Gasteiger partial charge in [0.15, 0.2) is 0 Å². The van der Waals surface area contributed by atoms with Crippen molar-refractivity contribution < 1.29 is 0 Å². The number of pyridine rings is 1. The number of nitrogens with zero attached hydrogens (tertiary/aromatic N) is 6. The summed E-state index contributed by atoms with van der Waals surface area (Å²) in [6.07, 6.45) is 1.49. The topological polar surface area (TPSA) is 106 Å². The average molecular weight is 233 g/mol. The number of tetrazole rings is 1. The maximum absolute atomic E-state index is 8.92. The van der Waals surface area contributed by atoms with Crippen LogP contribution in [0.5, 0.6) is 0 Å². The van der Waals surface area contributed by atoms with E-state index in [9.17, 15) is 0 Å². The van der Waals surface area contributed by atoms with Crippen LogP contribution < -0.4 is 5.73 Å². The lowest BCUT2D eigenvalue weighted by Gasteiger charge is -2.01. The highest BCUT2D eigenvalue weighted by Crippen LogP contribution is 2.26. The van der Waals surface area contributed by atoms with Gasteiger partial charge in [-0.1, -0.05) is 0 Å². The highest BCUT2D eigenvalue weighted by molar-refractivity contribution is 7.99. The molecule has 0 atom stereocenters. The van der Waals surface area contributed by atoms with Crippen molar-refractivity contribution >= 4 is 17.4 Å². The number of rotatable bonds is 2. The van der Waals surface area contributed by atoms with Gasteiger partial charge in [-0.3, -0.25) is 0 Å². The minimum absolute atomic E-state index is 0.410. The Morgan fingerprint density at radius 2 is 2.38 bits per heavy atom. The first-order valence-electron chi connectivity index (χ1n) is 4.26. The number of anilines is 1. The van der Waals surface area contributed by atoms with E-state index in [1.807, 2.05) is 6.07 Å². The second-order valence-electron chi connectivity index (χ2n) is 2.92. The van der Waals surface area contributed by atoms with Gasteiger partial charge in [0, 0.05) is 7.05 Å². The SMILES string of the molecule is Cn1nnnc1Sc1ncc(N)cc1C#N. The van der Waals surface area contributed by atoms with E-state index in [4.69, 9.17) is 11.0 Å². The summed E-state index contributed by atoms with van der Waals surface area (Å²) in [5, 5.41) is 21.0. The van der Waals surface area contributed by atoms with Crippen molar-refractivity contribution in [3.63, 3.8) is 0 Å². The number of aromatic nitrogens is 5. The summed E-state index contributed by atoms with van der Waals surface area (Å²) in [6, 6.07) is 3.60. The van der Waals surface area contributed by atoms with Crippen LogP contribution in [0.1, 0.15) is 5.56 Å². The van der Waals surface area contributed by atoms with Crippen molar-refractivity contribution in [2.75, 3.05) is 5.73 Å². The molecular weight excluding hydrogens is 226 g/mol. The number of hydrogen-bond acceptors (Lipinski definition) is 7. The largest absolute Gasteiger partial charge is 0.397 e. The number of nitriles is 1. The molecule has 2 aromatic rings. The van der Waals surface area contributed by atoms with Crippen LogP contribution in [0.15, 0.2) is 22.4 Å². The molecule has 0 fully saturated rings. The van der Waals surface area contributed by atoms with Crippen molar-refractivity contribution in [2.24, 2.45) is 7.05 Å². The molecule has 0 aliphatic rings. The van der Waals surface area contributed by atoms with Crippen molar-refractivity contribution in [3.8, 4) is 6.07 Å². The number of nitrogens with two attached hydrogens (primary N) is 1. The van der Waals surface area contributed by atoms with E-state index in [0.29, 0.717) is 21.4 Å². The molecule has 16 heavy (non-hydrogen) atoms. The molecule has 0 aliphatic heterocycles. The van der Waals surface area contributed by atoms with Crippen molar-refractivity contribution in [1.29, 1.82) is 5.26 Å². The second kappa shape index (κ2) is 4.16. The van der Waals surface area contributed by atoms with Crippen LogP contribution in [0.3, 0.4) is 0 Å². The van der Waals surface area contributed by atoms with Gasteiger partial charge < -0.3 is 5.73 Å². The van der Waals surface area contributed by atoms with Crippen molar-refractivity contribution in [3.05, 3.63) is 17.8 Å².